The van der Waals surface area contributed by atoms with Gasteiger partial charge in [-0.15, -0.1) is 0 Å². The fourth-order valence-corrected chi connectivity index (χ4v) is 4.85. The summed E-state index contributed by atoms with van der Waals surface area (Å²) >= 11 is 17.9. The van der Waals surface area contributed by atoms with Crippen LogP contribution < -0.4 is 20.2 Å². The maximum Gasteiger partial charge on any atom is 0.338 e. The van der Waals surface area contributed by atoms with E-state index >= 15 is 0 Å². The summed E-state index contributed by atoms with van der Waals surface area (Å²) < 4.78 is 11.2. The number of ether oxygens (including phenoxy) is 2. The van der Waals surface area contributed by atoms with Gasteiger partial charge in [-0.1, -0.05) is 65.3 Å². The van der Waals surface area contributed by atoms with Crippen LogP contribution in [0.3, 0.4) is 0 Å². The molecule has 1 heterocycles. The molecule has 0 spiro atoms. The largest absolute Gasteiger partial charge is 0.493 e. The first kappa shape index (κ1) is 28.2. The number of rotatable bonds is 8. The standard InChI is InChI=1S/C25H18Cl2N4O6S2/c1-36-20-9-15(19(31(34)35)12-21(20)37-13-14-5-3-2-4-6-14)10-22-23(32)30(25(38)39-22)29-24(33)28-16-7-8-17(26)18(27)11-16/h2-12H,13H2,1H3,(H2,28,29,33)/b22-10+. The van der Waals surface area contributed by atoms with Crippen LogP contribution in [0.25, 0.3) is 6.08 Å². The Morgan fingerprint density at radius 3 is 2.54 bits per heavy atom. The average Bonchev–Trinajstić information content (AvgIpc) is 3.17. The highest BCUT2D eigenvalue weighted by atomic mass is 35.5. The molecule has 0 aliphatic carbocycles. The van der Waals surface area contributed by atoms with E-state index < -0.39 is 16.9 Å². The lowest BCUT2D eigenvalue weighted by atomic mass is 10.1. The number of thioether (sulfide) groups is 1. The molecule has 0 bridgehead atoms. The highest BCUT2D eigenvalue weighted by Gasteiger charge is 2.34. The number of methoxy groups -OCH3 is 1. The van der Waals surface area contributed by atoms with Crippen LogP contribution in [-0.4, -0.2) is 33.3 Å². The van der Waals surface area contributed by atoms with Crippen LogP contribution >= 0.6 is 47.2 Å². The summed E-state index contributed by atoms with van der Waals surface area (Å²) in [6.45, 7) is 0.169. The smallest absolute Gasteiger partial charge is 0.338 e. The topological polar surface area (TPSA) is 123 Å². The number of nitrogens with one attached hydrogen (secondary N) is 2. The van der Waals surface area contributed by atoms with E-state index in [9.17, 15) is 19.7 Å². The molecule has 1 aliphatic heterocycles. The zero-order valence-electron chi connectivity index (χ0n) is 20.0. The fraction of sp³-hybridized carbons (Fsp3) is 0.0800. The minimum Gasteiger partial charge on any atom is -0.493 e. The van der Waals surface area contributed by atoms with Gasteiger partial charge in [-0.05, 0) is 48.1 Å². The fourth-order valence-electron chi connectivity index (χ4n) is 3.39. The van der Waals surface area contributed by atoms with Crippen molar-refractivity contribution in [1.29, 1.82) is 0 Å². The van der Waals surface area contributed by atoms with E-state index in [1.165, 1.54) is 43.5 Å². The molecule has 1 aliphatic rings. The molecule has 0 aromatic heterocycles. The lowest BCUT2D eigenvalue weighted by Crippen LogP contribution is -2.46. The van der Waals surface area contributed by atoms with Gasteiger partial charge in [-0.25, -0.2) is 10.2 Å². The molecule has 200 valence electrons. The number of anilines is 1. The molecular weight excluding hydrogens is 587 g/mol. The van der Waals surface area contributed by atoms with Gasteiger partial charge in [0.2, 0.25) is 0 Å². The summed E-state index contributed by atoms with van der Waals surface area (Å²) in [5.74, 6) is -0.275. The number of hydrogen-bond donors (Lipinski definition) is 2. The van der Waals surface area contributed by atoms with Gasteiger partial charge in [-0.3, -0.25) is 14.9 Å². The van der Waals surface area contributed by atoms with Gasteiger partial charge in [-0.2, -0.15) is 5.01 Å². The predicted molar refractivity (Wildman–Crippen MR) is 154 cm³/mol. The van der Waals surface area contributed by atoms with Crippen molar-refractivity contribution in [2.45, 2.75) is 6.61 Å². The maximum atomic E-state index is 13.0. The number of urea groups is 1. The number of nitrogens with zero attached hydrogens (tertiary/aromatic N) is 2. The number of nitro benzene ring substituents is 1. The van der Waals surface area contributed by atoms with Crippen LogP contribution in [0.1, 0.15) is 11.1 Å². The van der Waals surface area contributed by atoms with E-state index in [-0.39, 0.29) is 43.6 Å². The van der Waals surface area contributed by atoms with Crippen LogP contribution in [0, 0.1) is 10.1 Å². The van der Waals surface area contributed by atoms with Crippen molar-refractivity contribution in [2.75, 3.05) is 12.4 Å². The summed E-state index contributed by atoms with van der Waals surface area (Å²) in [7, 11) is 1.40. The van der Waals surface area contributed by atoms with Crippen molar-refractivity contribution in [3.8, 4) is 11.5 Å². The Kier molecular flexibility index (Phi) is 8.92. The van der Waals surface area contributed by atoms with E-state index in [0.717, 1.165) is 22.3 Å². The average molecular weight is 605 g/mol. The molecule has 3 amide bonds. The Labute approximate surface area is 242 Å². The normalized spacial score (nSPS) is 13.9. The minimum absolute atomic E-state index is 0.0213. The molecule has 0 unspecified atom stereocenters. The second kappa shape index (κ2) is 12.3. The Morgan fingerprint density at radius 2 is 1.87 bits per heavy atom. The van der Waals surface area contributed by atoms with Crippen molar-refractivity contribution < 1.29 is 24.0 Å². The molecule has 10 nitrogen and oxygen atoms in total. The third kappa shape index (κ3) is 6.79. The van der Waals surface area contributed by atoms with Crippen LogP contribution in [0.2, 0.25) is 10.0 Å². The van der Waals surface area contributed by atoms with E-state index in [0.29, 0.717) is 10.7 Å². The van der Waals surface area contributed by atoms with Crippen molar-refractivity contribution in [1.82, 2.24) is 10.4 Å². The number of hydrogen-bond acceptors (Lipinski definition) is 8. The van der Waals surface area contributed by atoms with E-state index in [1.807, 2.05) is 30.3 Å². The van der Waals surface area contributed by atoms with Gasteiger partial charge < -0.3 is 14.8 Å². The van der Waals surface area contributed by atoms with E-state index in [1.54, 1.807) is 0 Å². The molecule has 4 rings (SSSR count). The summed E-state index contributed by atoms with van der Waals surface area (Å²) in [6.07, 6.45) is 1.31. The van der Waals surface area contributed by atoms with Gasteiger partial charge in [0.25, 0.3) is 11.6 Å². The molecule has 0 saturated carbocycles. The molecule has 3 aromatic carbocycles. The van der Waals surface area contributed by atoms with Crippen LogP contribution in [0.4, 0.5) is 16.2 Å². The highest BCUT2D eigenvalue weighted by molar-refractivity contribution is 8.26. The molecule has 0 atom stereocenters. The third-order valence-corrected chi connectivity index (χ3v) is 7.26. The second-order valence-electron chi connectivity index (χ2n) is 7.81. The lowest BCUT2D eigenvalue weighted by molar-refractivity contribution is -0.385. The molecule has 0 radical (unpaired) electrons. The number of amides is 3. The van der Waals surface area contributed by atoms with Crippen LogP contribution in [0.15, 0.2) is 65.6 Å². The van der Waals surface area contributed by atoms with E-state index in [4.69, 9.17) is 44.9 Å². The van der Waals surface area contributed by atoms with Gasteiger partial charge in [0.1, 0.15) is 6.61 Å². The number of nitro groups is 1. The van der Waals surface area contributed by atoms with Crippen molar-refractivity contribution in [2.24, 2.45) is 0 Å². The Bertz CT molecular complexity index is 1500. The zero-order valence-corrected chi connectivity index (χ0v) is 23.1. The first-order chi connectivity index (χ1) is 18.7. The highest BCUT2D eigenvalue weighted by Crippen LogP contribution is 2.39. The summed E-state index contributed by atoms with van der Waals surface area (Å²) in [4.78, 5) is 36.8. The van der Waals surface area contributed by atoms with Crippen molar-refractivity contribution >= 4 is 80.9 Å². The lowest BCUT2D eigenvalue weighted by Gasteiger charge is -2.16. The van der Waals surface area contributed by atoms with Gasteiger partial charge >= 0.3 is 6.03 Å². The van der Waals surface area contributed by atoms with E-state index in [2.05, 4.69) is 10.7 Å². The number of carbonyl (C=O) groups excluding carboxylic acids is 2. The maximum absolute atomic E-state index is 13.0. The van der Waals surface area contributed by atoms with Gasteiger partial charge in [0.15, 0.2) is 15.8 Å². The summed E-state index contributed by atoms with van der Waals surface area (Å²) in [6, 6.07) is 15.6. The first-order valence-electron chi connectivity index (χ1n) is 11.0. The minimum atomic E-state index is -0.765. The SMILES string of the molecule is COc1cc(/C=C2/SC(=S)N(NC(=O)Nc3ccc(Cl)c(Cl)c3)C2=O)c([N+](=O)[O-])cc1OCc1ccccc1. The molecule has 3 aromatic rings. The predicted octanol–water partition coefficient (Wildman–Crippen LogP) is 6.43. The summed E-state index contributed by atoms with van der Waals surface area (Å²) in [5, 5.41) is 15.8. The monoisotopic (exact) mass is 604 g/mol. The third-order valence-electron chi connectivity index (χ3n) is 5.22. The first-order valence-corrected chi connectivity index (χ1v) is 13.0. The Balaban J connectivity index is 1.54. The second-order valence-corrected chi connectivity index (χ2v) is 10.3. The molecule has 2 N–H and O–H groups in total. The summed E-state index contributed by atoms with van der Waals surface area (Å²) in [5.41, 5.74) is 3.33. The van der Waals surface area contributed by atoms with Crippen LogP contribution in [0.5, 0.6) is 11.5 Å². The quantitative estimate of drug-likeness (QED) is 0.130. The van der Waals surface area contributed by atoms with Crippen LogP contribution in [-0.2, 0) is 11.4 Å². The number of halogens is 2. The number of carbonyl (C=O) groups is 2. The van der Waals surface area contributed by atoms with Gasteiger partial charge in [0, 0.05) is 5.69 Å². The Hall–Kier alpha value is -3.84. The van der Waals surface area contributed by atoms with Crippen molar-refractivity contribution in [3.63, 3.8) is 0 Å². The number of hydrazine groups is 1. The molecule has 39 heavy (non-hydrogen) atoms. The molecule has 14 heteroatoms. The Morgan fingerprint density at radius 1 is 1.13 bits per heavy atom. The van der Waals surface area contributed by atoms with Gasteiger partial charge in [0.05, 0.1) is 38.6 Å². The number of thiocarbonyl (C=S) groups is 1. The number of benzene rings is 3. The molecule has 1 saturated heterocycles. The van der Waals surface area contributed by atoms with Crippen molar-refractivity contribution in [3.05, 3.63) is 96.9 Å². The molecule has 1 fully saturated rings. The zero-order chi connectivity index (χ0) is 28.1. The molecular formula is C25H18Cl2N4O6S2.